The van der Waals surface area contributed by atoms with Crippen molar-refractivity contribution in [2.45, 2.75) is 6.54 Å². The fraction of sp³-hybridized carbons (Fsp3) is 0.192. The Balaban J connectivity index is 1.45. The summed E-state index contributed by atoms with van der Waals surface area (Å²) in [6, 6.07) is 17.3. The molecule has 0 saturated heterocycles. The summed E-state index contributed by atoms with van der Waals surface area (Å²) in [4.78, 5) is 41.1. The molecule has 0 aliphatic carbocycles. The van der Waals surface area contributed by atoms with Crippen molar-refractivity contribution in [1.29, 1.82) is 0 Å². The van der Waals surface area contributed by atoms with E-state index >= 15 is 0 Å². The second-order valence-electron chi connectivity index (χ2n) is 7.81. The molecular weight excluding hydrogens is 439 g/mol. The summed E-state index contributed by atoms with van der Waals surface area (Å²) >= 11 is 0. The van der Waals surface area contributed by atoms with Crippen LogP contribution in [0.15, 0.2) is 66.7 Å². The molecule has 0 saturated carbocycles. The first-order valence-electron chi connectivity index (χ1n) is 10.6. The van der Waals surface area contributed by atoms with Crippen LogP contribution in [-0.4, -0.2) is 54.8 Å². The summed E-state index contributed by atoms with van der Waals surface area (Å²) in [6.07, 6.45) is 0. The number of ether oxygens (including phenoxy) is 2. The van der Waals surface area contributed by atoms with E-state index in [9.17, 15) is 18.8 Å². The second-order valence-corrected chi connectivity index (χ2v) is 7.81. The molecule has 0 atom stereocenters. The van der Waals surface area contributed by atoms with Crippen LogP contribution in [-0.2, 0) is 6.54 Å². The molecular formula is C26H23FN2O5. The van der Waals surface area contributed by atoms with E-state index in [0.29, 0.717) is 33.8 Å². The predicted octanol–water partition coefficient (Wildman–Crippen LogP) is 3.78. The summed E-state index contributed by atoms with van der Waals surface area (Å²) in [5, 5.41) is 0. The van der Waals surface area contributed by atoms with Crippen molar-refractivity contribution in [1.82, 2.24) is 9.80 Å². The minimum Gasteiger partial charge on any atom is -0.496 e. The van der Waals surface area contributed by atoms with Crippen molar-refractivity contribution in [2.24, 2.45) is 0 Å². The molecule has 0 aromatic heterocycles. The fourth-order valence-electron chi connectivity index (χ4n) is 3.72. The van der Waals surface area contributed by atoms with E-state index in [1.54, 1.807) is 49.5 Å². The molecule has 1 aliphatic rings. The Morgan fingerprint density at radius 2 is 1.62 bits per heavy atom. The van der Waals surface area contributed by atoms with Crippen LogP contribution in [0.4, 0.5) is 4.39 Å². The Bertz CT molecular complexity index is 1210. The van der Waals surface area contributed by atoms with E-state index in [0.717, 1.165) is 0 Å². The van der Waals surface area contributed by atoms with E-state index in [-0.39, 0.29) is 43.2 Å². The number of fused-ring (bicyclic) bond motifs is 1. The number of carbonyl (C=O) groups is 3. The van der Waals surface area contributed by atoms with Gasteiger partial charge in [0, 0.05) is 7.05 Å². The second kappa shape index (κ2) is 9.74. The van der Waals surface area contributed by atoms with E-state index in [1.807, 2.05) is 0 Å². The third-order valence-corrected chi connectivity index (χ3v) is 5.57. The summed E-state index contributed by atoms with van der Waals surface area (Å²) in [7, 11) is 3.10. The molecule has 0 unspecified atom stereocenters. The molecule has 0 N–H and O–H groups in total. The third-order valence-electron chi connectivity index (χ3n) is 5.57. The molecule has 8 heteroatoms. The van der Waals surface area contributed by atoms with Crippen LogP contribution in [0.5, 0.6) is 11.5 Å². The van der Waals surface area contributed by atoms with Crippen LogP contribution in [0.25, 0.3) is 0 Å². The minimum atomic E-state index is -0.362. The zero-order valence-corrected chi connectivity index (χ0v) is 18.8. The van der Waals surface area contributed by atoms with Gasteiger partial charge in [-0.3, -0.25) is 19.3 Å². The number of hydrogen-bond donors (Lipinski definition) is 0. The Morgan fingerprint density at radius 3 is 2.24 bits per heavy atom. The van der Waals surface area contributed by atoms with Gasteiger partial charge in [-0.15, -0.1) is 0 Å². The molecule has 0 spiro atoms. The average Bonchev–Trinajstić information content (AvgIpc) is 3.09. The molecule has 174 valence electrons. The largest absolute Gasteiger partial charge is 0.496 e. The van der Waals surface area contributed by atoms with Crippen molar-refractivity contribution >= 4 is 17.7 Å². The van der Waals surface area contributed by atoms with Gasteiger partial charge in [-0.25, -0.2) is 4.39 Å². The van der Waals surface area contributed by atoms with Crippen LogP contribution in [0, 0.1) is 5.82 Å². The first-order chi connectivity index (χ1) is 16.4. The highest BCUT2D eigenvalue weighted by Gasteiger charge is 2.35. The number of nitrogens with zero attached hydrogens (tertiary/aromatic N) is 2. The van der Waals surface area contributed by atoms with E-state index in [1.165, 1.54) is 41.2 Å². The Labute approximate surface area is 196 Å². The van der Waals surface area contributed by atoms with Gasteiger partial charge in [0.1, 0.15) is 23.9 Å². The number of benzene rings is 3. The Kier molecular flexibility index (Phi) is 6.58. The maximum absolute atomic E-state index is 13.1. The van der Waals surface area contributed by atoms with Gasteiger partial charge in [0.15, 0.2) is 0 Å². The molecule has 0 bridgehead atoms. The lowest BCUT2D eigenvalue weighted by molar-refractivity contribution is 0.0642. The van der Waals surface area contributed by atoms with Gasteiger partial charge in [0.2, 0.25) is 0 Å². The first kappa shape index (κ1) is 23.0. The molecule has 4 rings (SSSR count). The third kappa shape index (κ3) is 4.61. The van der Waals surface area contributed by atoms with Gasteiger partial charge in [-0.05, 0) is 54.1 Å². The quantitative estimate of drug-likeness (QED) is 0.476. The number of likely N-dealkylation sites (N-methyl/N-ethyl adjacent to an activating group) is 1. The summed E-state index contributed by atoms with van der Waals surface area (Å²) in [5.74, 6) is -0.500. The molecule has 0 radical (unpaired) electrons. The first-order valence-corrected chi connectivity index (χ1v) is 10.6. The number of halogens is 1. The topological polar surface area (TPSA) is 76.2 Å². The maximum Gasteiger partial charge on any atom is 0.261 e. The van der Waals surface area contributed by atoms with Crippen LogP contribution < -0.4 is 9.47 Å². The number of rotatable bonds is 8. The molecule has 3 aromatic rings. The molecule has 0 fully saturated rings. The molecule has 3 aromatic carbocycles. The van der Waals surface area contributed by atoms with Crippen molar-refractivity contribution in [3.05, 3.63) is 94.8 Å². The van der Waals surface area contributed by atoms with Gasteiger partial charge in [0.05, 0.1) is 36.9 Å². The Hall–Kier alpha value is -4.20. The number of hydrogen-bond acceptors (Lipinski definition) is 5. The van der Waals surface area contributed by atoms with Gasteiger partial charge < -0.3 is 14.4 Å². The van der Waals surface area contributed by atoms with Crippen molar-refractivity contribution in [3.63, 3.8) is 0 Å². The summed E-state index contributed by atoms with van der Waals surface area (Å²) in [6.45, 7) is 0.529. The van der Waals surface area contributed by atoms with Gasteiger partial charge >= 0.3 is 0 Å². The van der Waals surface area contributed by atoms with Gasteiger partial charge in [-0.1, -0.05) is 18.2 Å². The normalized spacial score (nSPS) is 12.5. The Morgan fingerprint density at radius 1 is 0.971 bits per heavy atom. The number of imide groups is 1. The SMILES string of the molecule is COc1ccc(CN2C(=O)c3ccccc3C2=O)cc1C(=O)N(C)CCOc1ccc(F)cc1. The average molecular weight is 462 g/mol. The van der Waals surface area contributed by atoms with Crippen LogP contribution in [0.2, 0.25) is 0 Å². The lowest BCUT2D eigenvalue weighted by atomic mass is 10.1. The van der Waals surface area contributed by atoms with Crippen molar-refractivity contribution < 1.29 is 28.2 Å². The monoisotopic (exact) mass is 462 g/mol. The van der Waals surface area contributed by atoms with Crippen LogP contribution in [0.3, 0.4) is 0 Å². The highest BCUT2D eigenvalue weighted by Crippen LogP contribution is 2.27. The van der Waals surface area contributed by atoms with Gasteiger partial charge in [-0.2, -0.15) is 0 Å². The number of amides is 3. The van der Waals surface area contributed by atoms with E-state index in [2.05, 4.69) is 0 Å². The number of methoxy groups -OCH3 is 1. The molecule has 7 nitrogen and oxygen atoms in total. The highest BCUT2D eigenvalue weighted by molar-refractivity contribution is 6.21. The summed E-state index contributed by atoms with van der Waals surface area (Å²) < 4.78 is 23.9. The maximum atomic E-state index is 13.1. The lowest BCUT2D eigenvalue weighted by Crippen LogP contribution is -2.32. The van der Waals surface area contributed by atoms with Gasteiger partial charge in [0.25, 0.3) is 17.7 Å². The van der Waals surface area contributed by atoms with Crippen LogP contribution in [0.1, 0.15) is 36.6 Å². The zero-order valence-electron chi connectivity index (χ0n) is 18.8. The summed E-state index contributed by atoms with van der Waals surface area (Å²) in [5.41, 5.74) is 1.67. The smallest absolute Gasteiger partial charge is 0.261 e. The minimum absolute atomic E-state index is 0.0357. The van der Waals surface area contributed by atoms with Crippen molar-refractivity contribution in [3.8, 4) is 11.5 Å². The molecule has 1 heterocycles. The molecule has 1 aliphatic heterocycles. The molecule has 3 amide bonds. The lowest BCUT2D eigenvalue weighted by Gasteiger charge is -2.20. The van der Waals surface area contributed by atoms with Crippen molar-refractivity contribution in [2.75, 3.05) is 27.3 Å². The standard InChI is InChI=1S/C26H23FN2O5/c1-28(13-14-34-19-10-8-18(27)9-11-19)24(30)22-15-17(7-12-23(22)33-2)16-29-25(31)20-5-3-4-6-21(20)26(29)32/h3-12,15H,13-14,16H2,1-2H3. The molecule has 34 heavy (non-hydrogen) atoms. The zero-order chi connectivity index (χ0) is 24.2. The fourth-order valence-corrected chi connectivity index (χ4v) is 3.72. The van der Waals surface area contributed by atoms with E-state index in [4.69, 9.17) is 9.47 Å². The predicted molar refractivity (Wildman–Crippen MR) is 122 cm³/mol. The number of carbonyl (C=O) groups excluding carboxylic acids is 3. The highest BCUT2D eigenvalue weighted by atomic mass is 19.1. The van der Waals surface area contributed by atoms with Crippen LogP contribution >= 0.6 is 0 Å². The van der Waals surface area contributed by atoms with E-state index < -0.39 is 0 Å².